The highest BCUT2D eigenvalue weighted by atomic mass is 16.4. The second-order valence-electron chi connectivity index (χ2n) is 3.79. The summed E-state index contributed by atoms with van der Waals surface area (Å²) in [6.07, 6.45) is 0. The summed E-state index contributed by atoms with van der Waals surface area (Å²) in [5.41, 5.74) is 1.47. The number of rotatable bonds is 1. The molecule has 0 atom stereocenters. The van der Waals surface area contributed by atoms with Gasteiger partial charge in [0.15, 0.2) is 0 Å². The summed E-state index contributed by atoms with van der Waals surface area (Å²) < 4.78 is 0. The van der Waals surface area contributed by atoms with Gasteiger partial charge in [-0.15, -0.1) is 0 Å². The molecule has 2 rings (SSSR count). The molecule has 16 heavy (non-hydrogen) atoms. The first-order chi connectivity index (χ1) is 7.50. The van der Waals surface area contributed by atoms with Gasteiger partial charge in [0.25, 0.3) is 5.56 Å². The van der Waals surface area contributed by atoms with Crippen molar-refractivity contribution in [1.82, 2.24) is 4.98 Å². The molecule has 0 amide bonds. The van der Waals surface area contributed by atoms with E-state index in [1.54, 1.807) is 6.07 Å². The average Bonchev–Trinajstić information content (AvgIpc) is 2.22. The number of H-pyrrole nitrogens is 1. The van der Waals surface area contributed by atoms with Gasteiger partial charge in [0, 0.05) is 0 Å². The number of carboxylic acids is 1. The van der Waals surface area contributed by atoms with Crippen LogP contribution < -0.4 is 5.56 Å². The molecule has 2 N–H and O–H groups in total. The van der Waals surface area contributed by atoms with Crippen LogP contribution in [0.1, 0.15) is 21.6 Å². The van der Waals surface area contributed by atoms with E-state index in [0.29, 0.717) is 10.8 Å². The van der Waals surface area contributed by atoms with Gasteiger partial charge in [-0.25, -0.2) is 4.79 Å². The Kier molecular flexibility index (Phi) is 2.27. The minimum atomic E-state index is -1.13. The largest absolute Gasteiger partial charge is 0.477 e. The van der Waals surface area contributed by atoms with Gasteiger partial charge in [-0.1, -0.05) is 12.1 Å². The van der Waals surface area contributed by atoms with Crippen molar-refractivity contribution in [1.29, 1.82) is 0 Å². The number of aromatic nitrogens is 1. The maximum atomic E-state index is 11.8. The highest BCUT2D eigenvalue weighted by molar-refractivity contribution is 5.93. The Balaban J connectivity index is 2.92. The number of carboxylic acid groups (broad SMARTS) is 1. The van der Waals surface area contributed by atoms with Crippen molar-refractivity contribution >= 4 is 16.7 Å². The van der Waals surface area contributed by atoms with Gasteiger partial charge in [-0.2, -0.15) is 0 Å². The lowest BCUT2D eigenvalue weighted by molar-refractivity contribution is 0.0690. The monoisotopic (exact) mass is 217 g/mol. The molecule has 0 aliphatic heterocycles. The number of carbonyl (C=O) groups is 1. The third kappa shape index (κ3) is 1.48. The second-order valence-corrected chi connectivity index (χ2v) is 3.79. The van der Waals surface area contributed by atoms with E-state index in [-0.39, 0.29) is 11.3 Å². The molecule has 1 aromatic carbocycles. The van der Waals surface area contributed by atoms with Crippen LogP contribution in [0.15, 0.2) is 23.0 Å². The molecular formula is C12H11NO3. The Morgan fingerprint density at radius 1 is 1.31 bits per heavy atom. The van der Waals surface area contributed by atoms with E-state index in [4.69, 9.17) is 5.11 Å². The van der Waals surface area contributed by atoms with Crippen molar-refractivity contribution in [3.05, 3.63) is 45.4 Å². The lowest BCUT2D eigenvalue weighted by atomic mass is 10.0. The first-order valence-corrected chi connectivity index (χ1v) is 4.87. The van der Waals surface area contributed by atoms with Crippen LogP contribution in [0.2, 0.25) is 0 Å². The summed E-state index contributed by atoms with van der Waals surface area (Å²) in [6, 6.07) is 5.12. The summed E-state index contributed by atoms with van der Waals surface area (Å²) in [5.74, 6) is -1.13. The Hall–Kier alpha value is -2.10. The lowest BCUT2D eigenvalue weighted by Crippen LogP contribution is -2.14. The molecule has 1 heterocycles. The van der Waals surface area contributed by atoms with Gasteiger partial charge in [0.05, 0.1) is 5.39 Å². The highest BCUT2D eigenvalue weighted by Crippen LogP contribution is 2.18. The zero-order chi connectivity index (χ0) is 11.9. The number of hydrogen-bond acceptors (Lipinski definition) is 2. The second kappa shape index (κ2) is 3.48. The van der Waals surface area contributed by atoms with E-state index in [2.05, 4.69) is 4.98 Å². The van der Waals surface area contributed by atoms with Gasteiger partial charge in [0.1, 0.15) is 5.69 Å². The predicted octanol–water partition coefficient (Wildman–Crippen LogP) is 1.84. The molecule has 0 aliphatic rings. The predicted molar refractivity (Wildman–Crippen MR) is 61.0 cm³/mol. The standard InChI is InChI=1S/C12H11NO3/c1-6-3-4-8-5-9(12(15)16)13-11(14)10(8)7(6)2/h3-5H,1-2H3,(H,13,14)(H,15,16). The van der Waals surface area contributed by atoms with E-state index >= 15 is 0 Å². The van der Waals surface area contributed by atoms with Gasteiger partial charge in [0.2, 0.25) is 0 Å². The molecule has 0 saturated heterocycles. The summed E-state index contributed by atoms with van der Waals surface area (Å²) in [7, 11) is 0. The van der Waals surface area contributed by atoms with Gasteiger partial charge < -0.3 is 10.1 Å². The fourth-order valence-electron chi connectivity index (χ4n) is 1.75. The normalized spacial score (nSPS) is 10.6. The molecule has 0 radical (unpaired) electrons. The number of nitrogens with one attached hydrogen (secondary N) is 1. The van der Waals surface area contributed by atoms with E-state index < -0.39 is 5.97 Å². The SMILES string of the molecule is Cc1ccc2cc(C(=O)O)[nH]c(=O)c2c1C. The molecule has 4 heteroatoms. The molecule has 4 nitrogen and oxygen atoms in total. The number of hydrogen-bond donors (Lipinski definition) is 2. The van der Waals surface area contributed by atoms with Crippen LogP contribution in [-0.4, -0.2) is 16.1 Å². The molecule has 0 fully saturated rings. The van der Waals surface area contributed by atoms with E-state index in [9.17, 15) is 9.59 Å². The lowest BCUT2D eigenvalue weighted by Gasteiger charge is -2.05. The van der Waals surface area contributed by atoms with Crippen LogP contribution >= 0.6 is 0 Å². The van der Waals surface area contributed by atoms with Crippen LogP contribution in [0.3, 0.4) is 0 Å². The fraction of sp³-hybridized carbons (Fsp3) is 0.167. The van der Waals surface area contributed by atoms with Gasteiger partial charge in [-0.3, -0.25) is 4.79 Å². The van der Waals surface area contributed by atoms with Crippen LogP contribution in [0.5, 0.6) is 0 Å². The molecular weight excluding hydrogens is 206 g/mol. The molecule has 0 spiro atoms. The van der Waals surface area contributed by atoms with E-state index in [0.717, 1.165) is 11.1 Å². The van der Waals surface area contributed by atoms with E-state index in [1.807, 2.05) is 19.9 Å². The quantitative estimate of drug-likeness (QED) is 0.765. The first-order valence-electron chi connectivity index (χ1n) is 4.87. The molecule has 0 aliphatic carbocycles. The van der Waals surface area contributed by atoms with Crippen molar-refractivity contribution in [2.45, 2.75) is 13.8 Å². The molecule has 2 aromatic rings. The van der Waals surface area contributed by atoms with Gasteiger partial charge >= 0.3 is 5.97 Å². The van der Waals surface area contributed by atoms with Crippen LogP contribution in [-0.2, 0) is 0 Å². The Bertz CT molecular complexity index is 640. The zero-order valence-corrected chi connectivity index (χ0v) is 9.00. The minimum absolute atomic E-state index is 0.0826. The molecule has 1 aromatic heterocycles. The number of fused-ring (bicyclic) bond motifs is 1. The van der Waals surface area contributed by atoms with Crippen molar-refractivity contribution in [2.24, 2.45) is 0 Å². The fourth-order valence-corrected chi connectivity index (χ4v) is 1.75. The summed E-state index contributed by atoms with van der Waals surface area (Å²) in [5, 5.41) is 10.0. The Labute approximate surface area is 91.5 Å². The van der Waals surface area contributed by atoms with Crippen molar-refractivity contribution in [2.75, 3.05) is 0 Å². The molecule has 0 saturated carbocycles. The summed E-state index contributed by atoms with van der Waals surface area (Å²) >= 11 is 0. The number of aryl methyl sites for hydroxylation is 2. The smallest absolute Gasteiger partial charge is 0.352 e. The molecule has 0 unspecified atom stereocenters. The third-order valence-electron chi connectivity index (χ3n) is 2.77. The molecule has 0 bridgehead atoms. The molecule has 82 valence electrons. The topological polar surface area (TPSA) is 70.2 Å². The minimum Gasteiger partial charge on any atom is -0.477 e. The van der Waals surface area contributed by atoms with Crippen LogP contribution in [0.4, 0.5) is 0 Å². The maximum absolute atomic E-state index is 11.8. The van der Waals surface area contributed by atoms with Crippen molar-refractivity contribution < 1.29 is 9.90 Å². The maximum Gasteiger partial charge on any atom is 0.352 e. The number of pyridine rings is 1. The summed E-state index contributed by atoms with van der Waals surface area (Å²) in [6.45, 7) is 3.77. The van der Waals surface area contributed by atoms with E-state index in [1.165, 1.54) is 6.07 Å². The average molecular weight is 217 g/mol. The van der Waals surface area contributed by atoms with Crippen LogP contribution in [0, 0.1) is 13.8 Å². The third-order valence-corrected chi connectivity index (χ3v) is 2.77. The Morgan fingerprint density at radius 2 is 2.00 bits per heavy atom. The van der Waals surface area contributed by atoms with Gasteiger partial charge in [-0.05, 0) is 36.4 Å². The number of aromatic carboxylic acids is 1. The Morgan fingerprint density at radius 3 is 2.62 bits per heavy atom. The number of benzene rings is 1. The highest BCUT2D eigenvalue weighted by Gasteiger charge is 2.09. The van der Waals surface area contributed by atoms with Crippen LogP contribution in [0.25, 0.3) is 10.8 Å². The summed E-state index contributed by atoms with van der Waals surface area (Å²) in [4.78, 5) is 24.9. The zero-order valence-electron chi connectivity index (χ0n) is 9.00. The first kappa shape index (κ1) is 10.4. The number of aromatic amines is 1. The van der Waals surface area contributed by atoms with Crippen molar-refractivity contribution in [3.63, 3.8) is 0 Å². The van der Waals surface area contributed by atoms with Crippen molar-refractivity contribution in [3.8, 4) is 0 Å².